The standard InChI is InChI=1S/C23H19NO/c25-23(18-11-5-2-6-12-18)24-22-20(15-17-9-3-1-4-10-17)16-19-13-7-8-14-21(19)22/h1-14,16,22H,15H2,(H,24,25). The largest absolute Gasteiger partial charge is 0.341 e. The van der Waals surface area contributed by atoms with Crippen molar-refractivity contribution in [1.82, 2.24) is 5.32 Å². The van der Waals surface area contributed by atoms with Crippen LogP contribution in [0.1, 0.15) is 33.1 Å². The lowest BCUT2D eigenvalue weighted by Crippen LogP contribution is -2.29. The Labute approximate surface area is 147 Å². The van der Waals surface area contributed by atoms with Gasteiger partial charge >= 0.3 is 0 Å². The van der Waals surface area contributed by atoms with Gasteiger partial charge in [-0.3, -0.25) is 4.79 Å². The minimum Gasteiger partial charge on any atom is -0.341 e. The zero-order chi connectivity index (χ0) is 17.1. The Kier molecular flexibility index (Phi) is 4.17. The van der Waals surface area contributed by atoms with Crippen molar-refractivity contribution < 1.29 is 4.79 Å². The molecule has 0 radical (unpaired) electrons. The average molecular weight is 325 g/mol. The molecule has 4 rings (SSSR count). The molecule has 1 aliphatic carbocycles. The summed E-state index contributed by atoms with van der Waals surface area (Å²) in [6, 6.07) is 27.9. The first kappa shape index (κ1) is 15.4. The van der Waals surface area contributed by atoms with E-state index in [0.717, 1.165) is 12.0 Å². The summed E-state index contributed by atoms with van der Waals surface area (Å²) in [7, 11) is 0. The molecule has 3 aromatic carbocycles. The molecule has 0 saturated heterocycles. The second kappa shape index (κ2) is 6.78. The molecule has 0 spiro atoms. The minimum absolute atomic E-state index is 0.0405. The lowest BCUT2D eigenvalue weighted by atomic mass is 9.98. The molecule has 1 atom stereocenters. The van der Waals surface area contributed by atoms with Gasteiger partial charge < -0.3 is 5.32 Å². The van der Waals surface area contributed by atoms with Crippen LogP contribution in [0.25, 0.3) is 6.08 Å². The Morgan fingerprint density at radius 3 is 2.20 bits per heavy atom. The van der Waals surface area contributed by atoms with Gasteiger partial charge in [0.25, 0.3) is 5.91 Å². The second-order valence-electron chi connectivity index (χ2n) is 6.28. The van der Waals surface area contributed by atoms with Gasteiger partial charge in [0.05, 0.1) is 6.04 Å². The fourth-order valence-electron chi connectivity index (χ4n) is 3.35. The molecule has 3 aromatic rings. The van der Waals surface area contributed by atoms with Gasteiger partial charge in [-0.15, -0.1) is 0 Å². The van der Waals surface area contributed by atoms with E-state index >= 15 is 0 Å². The van der Waals surface area contributed by atoms with Gasteiger partial charge in [0.2, 0.25) is 0 Å². The molecule has 1 amide bonds. The van der Waals surface area contributed by atoms with E-state index in [0.29, 0.717) is 5.56 Å². The van der Waals surface area contributed by atoms with Crippen LogP contribution >= 0.6 is 0 Å². The highest BCUT2D eigenvalue weighted by atomic mass is 16.1. The van der Waals surface area contributed by atoms with Crippen LogP contribution in [0.2, 0.25) is 0 Å². The van der Waals surface area contributed by atoms with Gasteiger partial charge in [-0.2, -0.15) is 0 Å². The SMILES string of the molecule is O=C(NC1C(Cc2ccccc2)=Cc2ccccc21)c1ccccc1. The van der Waals surface area contributed by atoms with Crippen LogP contribution in [0.4, 0.5) is 0 Å². The van der Waals surface area contributed by atoms with Crippen LogP contribution in [0.15, 0.2) is 90.5 Å². The van der Waals surface area contributed by atoms with Gasteiger partial charge in [-0.1, -0.05) is 78.9 Å². The van der Waals surface area contributed by atoms with E-state index in [4.69, 9.17) is 0 Å². The maximum atomic E-state index is 12.7. The number of benzene rings is 3. The molecule has 2 heteroatoms. The molecule has 122 valence electrons. The van der Waals surface area contributed by atoms with E-state index in [2.05, 4.69) is 47.8 Å². The number of carbonyl (C=O) groups excluding carboxylic acids is 1. The van der Waals surface area contributed by atoms with Gasteiger partial charge in [-0.25, -0.2) is 0 Å². The molecule has 1 N–H and O–H groups in total. The van der Waals surface area contributed by atoms with Gasteiger partial charge in [0.15, 0.2) is 0 Å². The Bertz CT molecular complexity index is 913. The summed E-state index contributed by atoms with van der Waals surface area (Å²) in [5.74, 6) is -0.0405. The first-order valence-electron chi connectivity index (χ1n) is 8.50. The Hall–Kier alpha value is -3.13. The Balaban J connectivity index is 1.63. The lowest BCUT2D eigenvalue weighted by Gasteiger charge is -2.19. The zero-order valence-electron chi connectivity index (χ0n) is 13.9. The fraction of sp³-hybridized carbons (Fsp3) is 0.0870. The summed E-state index contributed by atoms with van der Waals surface area (Å²) in [5.41, 5.74) is 5.51. The predicted octanol–water partition coefficient (Wildman–Crippen LogP) is 4.80. The molecule has 25 heavy (non-hydrogen) atoms. The van der Waals surface area contributed by atoms with Crippen LogP contribution in [-0.2, 0) is 6.42 Å². The van der Waals surface area contributed by atoms with Crippen molar-refractivity contribution in [2.75, 3.05) is 0 Å². The van der Waals surface area contributed by atoms with Crippen molar-refractivity contribution in [3.8, 4) is 0 Å². The molecule has 0 fully saturated rings. The molecule has 0 aromatic heterocycles. The molecular weight excluding hydrogens is 306 g/mol. The lowest BCUT2D eigenvalue weighted by molar-refractivity contribution is 0.0942. The minimum atomic E-state index is -0.0795. The van der Waals surface area contributed by atoms with Crippen molar-refractivity contribution in [3.63, 3.8) is 0 Å². The number of nitrogens with one attached hydrogen (secondary N) is 1. The molecule has 2 nitrogen and oxygen atoms in total. The number of carbonyl (C=O) groups is 1. The monoisotopic (exact) mass is 325 g/mol. The third-order valence-corrected chi connectivity index (χ3v) is 4.58. The van der Waals surface area contributed by atoms with Crippen molar-refractivity contribution in [1.29, 1.82) is 0 Å². The number of amides is 1. The first-order valence-corrected chi connectivity index (χ1v) is 8.50. The van der Waals surface area contributed by atoms with E-state index in [1.165, 1.54) is 16.7 Å². The average Bonchev–Trinajstić information content (AvgIpc) is 3.00. The number of fused-ring (bicyclic) bond motifs is 1. The molecular formula is C23H19NO. The van der Waals surface area contributed by atoms with Crippen molar-refractivity contribution in [3.05, 3.63) is 113 Å². The van der Waals surface area contributed by atoms with E-state index < -0.39 is 0 Å². The Morgan fingerprint density at radius 2 is 1.44 bits per heavy atom. The second-order valence-corrected chi connectivity index (χ2v) is 6.28. The molecule has 0 saturated carbocycles. The van der Waals surface area contributed by atoms with Crippen molar-refractivity contribution in [2.45, 2.75) is 12.5 Å². The summed E-state index contributed by atoms with van der Waals surface area (Å²) in [4.78, 5) is 12.7. The molecule has 1 unspecified atom stereocenters. The third kappa shape index (κ3) is 3.24. The van der Waals surface area contributed by atoms with E-state index in [1.54, 1.807) is 0 Å². The summed E-state index contributed by atoms with van der Waals surface area (Å²) in [6.45, 7) is 0. The summed E-state index contributed by atoms with van der Waals surface area (Å²) in [6.07, 6.45) is 3.04. The quantitative estimate of drug-likeness (QED) is 0.733. The highest BCUT2D eigenvalue weighted by molar-refractivity contribution is 5.95. The summed E-state index contributed by atoms with van der Waals surface area (Å²) >= 11 is 0. The van der Waals surface area contributed by atoms with Gasteiger partial charge in [0.1, 0.15) is 0 Å². The zero-order valence-corrected chi connectivity index (χ0v) is 13.9. The van der Waals surface area contributed by atoms with E-state index in [-0.39, 0.29) is 11.9 Å². The van der Waals surface area contributed by atoms with Gasteiger partial charge in [-0.05, 0) is 40.8 Å². The molecule has 0 bridgehead atoms. The van der Waals surface area contributed by atoms with Crippen molar-refractivity contribution >= 4 is 12.0 Å². The molecule has 0 aliphatic heterocycles. The van der Waals surface area contributed by atoms with Crippen LogP contribution in [0, 0.1) is 0 Å². The summed E-state index contributed by atoms with van der Waals surface area (Å²) in [5, 5.41) is 3.21. The predicted molar refractivity (Wildman–Crippen MR) is 101 cm³/mol. The maximum absolute atomic E-state index is 12.7. The Morgan fingerprint density at radius 1 is 0.800 bits per heavy atom. The molecule has 0 heterocycles. The normalized spacial score (nSPS) is 15.4. The first-order chi connectivity index (χ1) is 12.3. The van der Waals surface area contributed by atoms with E-state index in [9.17, 15) is 4.79 Å². The smallest absolute Gasteiger partial charge is 0.252 e. The van der Waals surface area contributed by atoms with Crippen LogP contribution in [0.3, 0.4) is 0 Å². The highest BCUT2D eigenvalue weighted by Crippen LogP contribution is 2.36. The van der Waals surface area contributed by atoms with Crippen LogP contribution < -0.4 is 5.32 Å². The number of rotatable bonds is 4. The van der Waals surface area contributed by atoms with Crippen LogP contribution in [0.5, 0.6) is 0 Å². The molecule has 1 aliphatic rings. The van der Waals surface area contributed by atoms with Gasteiger partial charge in [0, 0.05) is 5.56 Å². The number of hydrogen-bond acceptors (Lipinski definition) is 1. The third-order valence-electron chi connectivity index (χ3n) is 4.58. The van der Waals surface area contributed by atoms with E-state index in [1.807, 2.05) is 48.5 Å². The topological polar surface area (TPSA) is 29.1 Å². The number of hydrogen-bond donors (Lipinski definition) is 1. The van der Waals surface area contributed by atoms with Crippen LogP contribution in [-0.4, -0.2) is 5.91 Å². The van der Waals surface area contributed by atoms with Crippen molar-refractivity contribution in [2.24, 2.45) is 0 Å². The fourth-order valence-corrected chi connectivity index (χ4v) is 3.35. The summed E-state index contributed by atoms with van der Waals surface area (Å²) < 4.78 is 0. The maximum Gasteiger partial charge on any atom is 0.252 e. The highest BCUT2D eigenvalue weighted by Gasteiger charge is 2.26.